The standard InChI is InChI=1S/C28H27Cl2N3O4S/c29-21-6-10-23(11-7-21)32-27(34)18-26(28(32)35)33(38(36,37)25-12-8-22(30)9-13-25)24-14-16-31(17-15-24)19-20-4-2-1-3-5-20/h1-13,24,26H,14-19H2. The van der Waals surface area contributed by atoms with Crippen LogP contribution in [0.4, 0.5) is 5.69 Å². The van der Waals surface area contributed by atoms with E-state index in [2.05, 4.69) is 17.0 Å². The number of halogens is 2. The second-order valence-electron chi connectivity index (χ2n) is 9.55. The Hall–Kier alpha value is -2.75. The van der Waals surface area contributed by atoms with Crippen LogP contribution in [0.3, 0.4) is 0 Å². The number of sulfonamides is 1. The predicted molar refractivity (Wildman–Crippen MR) is 148 cm³/mol. The molecule has 0 aliphatic carbocycles. The molecule has 2 saturated heterocycles. The molecular weight excluding hydrogens is 545 g/mol. The maximum Gasteiger partial charge on any atom is 0.252 e. The largest absolute Gasteiger partial charge is 0.299 e. The first-order valence-electron chi connectivity index (χ1n) is 12.4. The Kier molecular flexibility index (Phi) is 7.88. The number of carbonyl (C=O) groups excluding carboxylic acids is 2. The summed E-state index contributed by atoms with van der Waals surface area (Å²) in [5.41, 5.74) is 1.56. The molecule has 1 atom stereocenters. The predicted octanol–water partition coefficient (Wildman–Crippen LogP) is 4.98. The van der Waals surface area contributed by atoms with Gasteiger partial charge in [-0.15, -0.1) is 0 Å². The SMILES string of the molecule is O=C1CC(N(C2CCN(Cc3ccccc3)CC2)S(=O)(=O)c2ccc(Cl)cc2)C(=O)N1c1ccc(Cl)cc1. The van der Waals surface area contributed by atoms with Crippen molar-refractivity contribution in [1.29, 1.82) is 0 Å². The molecule has 2 amide bonds. The fraction of sp³-hybridized carbons (Fsp3) is 0.286. The molecule has 0 aromatic heterocycles. The molecule has 10 heteroatoms. The summed E-state index contributed by atoms with van der Waals surface area (Å²) >= 11 is 12.0. The summed E-state index contributed by atoms with van der Waals surface area (Å²) in [5.74, 6) is -0.998. The van der Waals surface area contributed by atoms with Gasteiger partial charge in [0.1, 0.15) is 6.04 Å². The van der Waals surface area contributed by atoms with Gasteiger partial charge in [-0.05, 0) is 66.9 Å². The van der Waals surface area contributed by atoms with Crippen LogP contribution in [0, 0.1) is 0 Å². The molecular formula is C28H27Cl2N3O4S. The molecule has 1 unspecified atom stereocenters. The molecule has 7 nitrogen and oxygen atoms in total. The number of hydrogen-bond donors (Lipinski definition) is 0. The number of likely N-dealkylation sites (tertiary alicyclic amines) is 1. The fourth-order valence-electron chi connectivity index (χ4n) is 5.20. The number of imide groups is 1. The van der Waals surface area contributed by atoms with E-state index in [-0.39, 0.29) is 11.3 Å². The van der Waals surface area contributed by atoms with Crippen molar-refractivity contribution in [3.05, 3.63) is 94.5 Å². The summed E-state index contributed by atoms with van der Waals surface area (Å²) in [6, 6.07) is 20.8. The Morgan fingerprint density at radius 1 is 0.816 bits per heavy atom. The zero-order chi connectivity index (χ0) is 26.9. The van der Waals surface area contributed by atoms with Gasteiger partial charge in [0.05, 0.1) is 17.0 Å². The number of anilines is 1. The van der Waals surface area contributed by atoms with Crippen molar-refractivity contribution in [2.24, 2.45) is 0 Å². The molecule has 3 aromatic carbocycles. The maximum atomic E-state index is 14.0. The van der Waals surface area contributed by atoms with Gasteiger partial charge in [-0.1, -0.05) is 53.5 Å². The highest BCUT2D eigenvalue weighted by Gasteiger charge is 2.49. The third-order valence-electron chi connectivity index (χ3n) is 7.07. The first kappa shape index (κ1) is 26.8. The summed E-state index contributed by atoms with van der Waals surface area (Å²) in [7, 11) is -4.11. The van der Waals surface area contributed by atoms with E-state index in [0.29, 0.717) is 41.7 Å². The molecule has 3 aromatic rings. The molecule has 198 valence electrons. The zero-order valence-electron chi connectivity index (χ0n) is 20.5. The second kappa shape index (κ2) is 11.2. The third kappa shape index (κ3) is 5.51. The first-order chi connectivity index (χ1) is 18.2. The maximum absolute atomic E-state index is 14.0. The van der Waals surface area contributed by atoms with Crippen molar-refractivity contribution in [1.82, 2.24) is 9.21 Å². The topological polar surface area (TPSA) is 78.0 Å². The molecule has 0 radical (unpaired) electrons. The lowest BCUT2D eigenvalue weighted by atomic mass is 10.0. The van der Waals surface area contributed by atoms with E-state index in [1.54, 1.807) is 24.3 Å². The van der Waals surface area contributed by atoms with E-state index >= 15 is 0 Å². The monoisotopic (exact) mass is 571 g/mol. The Morgan fingerprint density at radius 3 is 2.00 bits per heavy atom. The lowest BCUT2D eigenvalue weighted by molar-refractivity contribution is -0.122. The van der Waals surface area contributed by atoms with E-state index in [0.717, 1.165) is 11.4 Å². The molecule has 2 heterocycles. The number of piperidine rings is 1. The minimum atomic E-state index is -4.11. The summed E-state index contributed by atoms with van der Waals surface area (Å²) in [4.78, 5) is 30.1. The van der Waals surface area contributed by atoms with E-state index in [1.165, 1.54) is 34.1 Å². The minimum absolute atomic E-state index is 0.0406. The Balaban J connectivity index is 1.43. The van der Waals surface area contributed by atoms with Crippen molar-refractivity contribution < 1.29 is 18.0 Å². The number of benzene rings is 3. The fourth-order valence-corrected chi connectivity index (χ4v) is 7.27. The highest BCUT2D eigenvalue weighted by atomic mass is 35.5. The Bertz CT molecular complexity index is 1410. The number of amides is 2. The van der Waals surface area contributed by atoms with E-state index in [1.807, 2.05) is 18.2 Å². The normalized spacial score (nSPS) is 19.4. The summed E-state index contributed by atoms with van der Waals surface area (Å²) < 4.78 is 29.3. The number of carbonyl (C=O) groups is 2. The summed E-state index contributed by atoms with van der Waals surface area (Å²) in [6.45, 7) is 2.10. The third-order valence-corrected chi connectivity index (χ3v) is 9.55. The molecule has 2 aliphatic heterocycles. The van der Waals surface area contributed by atoms with Gasteiger partial charge in [-0.25, -0.2) is 13.3 Å². The lowest BCUT2D eigenvalue weighted by Gasteiger charge is -2.39. The van der Waals surface area contributed by atoms with Gasteiger partial charge in [0.2, 0.25) is 15.9 Å². The van der Waals surface area contributed by atoms with Gasteiger partial charge in [0.15, 0.2) is 0 Å². The van der Waals surface area contributed by atoms with Gasteiger partial charge in [0.25, 0.3) is 5.91 Å². The van der Waals surface area contributed by atoms with Gasteiger partial charge >= 0.3 is 0 Å². The van der Waals surface area contributed by atoms with E-state index in [4.69, 9.17) is 23.2 Å². The van der Waals surface area contributed by atoms with Crippen LogP contribution in [-0.4, -0.2) is 54.6 Å². The average Bonchev–Trinajstić information content (AvgIpc) is 3.19. The second-order valence-corrected chi connectivity index (χ2v) is 12.3. The average molecular weight is 573 g/mol. The van der Waals surface area contributed by atoms with Crippen molar-refractivity contribution >= 4 is 50.7 Å². The molecule has 5 rings (SSSR count). The van der Waals surface area contributed by atoms with E-state index in [9.17, 15) is 18.0 Å². The van der Waals surface area contributed by atoms with Crippen LogP contribution in [-0.2, 0) is 26.2 Å². The molecule has 0 bridgehead atoms. The Morgan fingerprint density at radius 2 is 1.39 bits per heavy atom. The molecule has 38 heavy (non-hydrogen) atoms. The molecule has 0 N–H and O–H groups in total. The Labute approximate surface area is 232 Å². The lowest BCUT2D eigenvalue weighted by Crippen LogP contribution is -2.53. The smallest absolute Gasteiger partial charge is 0.252 e. The zero-order valence-corrected chi connectivity index (χ0v) is 22.9. The molecule has 0 saturated carbocycles. The quantitative estimate of drug-likeness (QED) is 0.374. The molecule has 2 fully saturated rings. The van der Waals surface area contributed by atoms with Gasteiger partial charge in [-0.2, -0.15) is 4.31 Å². The van der Waals surface area contributed by atoms with Crippen LogP contribution < -0.4 is 4.90 Å². The summed E-state index contributed by atoms with van der Waals surface area (Å²) in [5, 5.41) is 0.879. The minimum Gasteiger partial charge on any atom is -0.299 e. The van der Waals surface area contributed by atoms with Crippen LogP contribution in [0.15, 0.2) is 83.8 Å². The van der Waals surface area contributed by atoms with Crippen LogP contribution in [0.2, 0.25) is 10.0 Å². The van der Waals surface area contributed by atoms with Crippen LogP contribution >= 0.6 is 23.2 Å². The van der Waals surface area contributed by atoms with Crippen molar-refractivity contribution in [2.45, 2.75) is 42.8 Å². The van der Waals surface area contributed by atoms with Crippen molar-refractivity contribution in [3.63, 3.8) is 0 Å². The number of rotatable bonds is 7. The van der Waals surface area contributed by atoms with Gasteiger partial charge < -0.3 is 0 Å². The number of hydrogen-bond acceptors (Lipinski definition) is 5. The summed E-state index contributed by atoms with van der Waals surface area (Å²) in [6.07, 6.45) is 0.857. The first-order valence-corrected chi connectivity index (χ1v) is 14.6. The van der Waals surface area contributed by atoms with Gasteiger partial charge in [0, 0.05) is 35.7 Å². The van der Waals surface area contributed by atoms with Crippen molar-refractivity contribution in [3.8, 4) is 0 Å². The van der Waals surface area contributed by atoms with Crippen LogP contribution in [0.1, 0.15) is 24.8 Å². The highest BCUT2D eigenvalue weighted by molar-refractivity contribution is 7.89. The van der Waals surface area contributed by atoms with E-state index < -0.39 is 33.9 Å². The highest BCUT2D eigenvalue weighted by Crippen LogP contribution is 2.34. The molecule has 2 aliphatic rings. The molecule has 0 spiro atoms. The van der Waals surface area contributed by atoms with Crippen LogP contribution in [0.25, 0.3) is 0 Å². The van der Waals surface area contributed by atoms with Gasteiger partial charge in [-0.3, -0.25) is 14.5 Å². The van der Waals surface area contributed by atoms with Crippen molar-refractivity contribution in [2.75, 3.05) is 18.0 Å². The van der Waals surface area contributed by atoms with Crippen LogP contribution in [0.5, 0.6) is 0 Å². The number of nitrogens with zero attached hydrogens (tertiary/aromatic N) is 3.